The van der Waals surface area contributed by atoms with Crippen LogP contribution < -0.4 is 15.5 Å². The summed E-state index contributed by atoms with van der Waals surface area (Å²) in [4.78, 5) is 41.3. The highest BCUT2D eigenvalue weighted by Gasteiger charge is 2.33. The van der Waals surface area contributed by atoms with E-state index in [1.165, 1.54) is 6.42 Å². The van der Waals surface area contributed by atoms with Gasteiger partial charge in [0.1, 0.15) is 0 Å². The van der Waals surface area contributed by atoms with E-state index in [4.69, 9.17) is 0 Å². The number of carbonyl (C=O) groups excluding carboxylic acids is 3. The van der Waals surface area contributed by atoms with E-state index in [1.807, 2.05) is 50.8 Å². The molecule has 206 valence electrons. The molecule has 0 radical (unpaired) electrons. The number of nitrogens with zero attached hydrogens (tertiary/aromatic N) is 1. The molecule has 6 heteroatoms. The van der Waals surface area contributed by atoms with Crippen molar-refractivity contribution in [3.05, 3.63) is 18.2 Å². The van der Waals surface area contributed by atoms with Crippen LogP contribution in [-0.4, -0.2) is 23.8 Å². The topological polar surface area (TPSA) is 78.5 Å². The third kappa shape index (κ3) is 7.81. The predicted octanol–water partition coefficient (Wildman–Crippen LogP) is 7.39. The van der Waals surface area contributed by atoms with E-state index in [1.54, 1.807) is 0 Å². The molecule has 0 atom stereocenters. The van der Waals surface area contributed by atoms with E-state index in [9.17, 15) is 14.4 Å². The second-order valence-corrected chi connectivity index (χ2v) is 13.0. The lowest BCUT2D eigenvalue weighted by molar-refractivity contribution is -0.123. The van der Waals surface area contributed by atoms with Gasteiger partial charge in [-0.1, -0.05) is 53.9 Å². The molecule has 1 aromatic carbocycles. The van der Waals surface area contributed by atoms with Crippen molar-refractivity contribution in [3.8, 4) is 0 Å². The van der Waals surface area contributed by atoms with Crippen molar-refractivity contribution in [2.45, 2.75) is 112 Å². The zero-order valence-electron chi connectivity index (χ0n) is 24.2. The fourth-order valence-electron chi connectivity index (χ4n) is 5.87. The first-order chi connectivity index (χ1) is 17.4. The van der Waals surface area contributed by atoms with Gasteiger partial charge in [-0.05, 0) is 81.9 Å². The van der Waals surface area contributed by atoms with Crippen LogP contribution >= 0.6 is 0 Å². The molecular formula is C31H49N3O3. The summed E-state index contributed by atoms with van der Waals surface area (Å²) in [5.74, 6) is 0.555. The van der Waals surface area contributed by atoms with E-state index >= 15 is 0 Å². The molecule has 3 rings (SSSR count). The molecule has 0 aliphatic heterocycles. The van der Waals surface area contributed by atoms with Gasteiger partial charge in [-0.3, -0.25) is 14.4 Å². The van der Waals surface area contributed by atoms with Crippen LogP contribution in [0.4, 0.5) is 17.1 Å². The first kappa shape index (κ1) is 29.2. The van der Waals surface area contributed by atoms with Gasteiger partial charge in [0.25, 0.3) is 0 Å². The highest BCUT2D eigenvalue weighted by atomic mass is 16.2. The molecule has 2 aliphatic rings. The Kier molecular flexibility index (Phi) is 9.82. The first-order valence-electron chi connectivity index (χ1n) is 14.5. The normalized spacial score (nSPS) is 21.1. The number of rotatable bonds is 7. The van der Waals surface area contributed by atoms with Gasteiger partial charge in [-0.2, -0.15) is 0 Å². The fraction of sp³-hybridized carbons (Fsp3) is 0.710. The Balaban J connectivity index is 1.85. The molecule has 0 bridgehead atoms. The van der Waals surface area contributed by atoms with Gasteiger partial charge in [-0.25, -0.2) is 0 Å². The molecule has 2 aliphatic carbocycles. The Bertz CT molecular complexity index is 949. The molecule has 0 spiro atoms. The van der Waals surface area contributed by atoms with Gasteiger partial charge in [-0.15, -0.1) is 0 Å². The van der Waals surface area contributed by atoms with Crippen LogP contribution in [-0.2, 0) is 14.4 Å². The molecule has 1 aromatic rings. The summed E-state index contributed by atoms with van der Waals surface area (Å²) in [7, 11) is 0. The van der Waals surface area contributed by atoms with E-state index in [0.29, 0.717) is 17.3 Å². The molecule has 2 N–H and O–H groups in total. The van der Waals surface area contributed by atoms with Crippen LogP contribution in [0.25, 0.3) is 0 Å². The fourth-order valence-corrected chi connectivity index (χ4v) is 5.87. The zero-order valence-corrected chi connectivity index (χ0v) is 24.2. The number of nitrogens with one attached hydrogen (secondary N) is 2. The molecule has 2 fully saturated rings. The SMILES string of the molecule is CC(C)C(=O)Nc1cc(NC(=O)[C@H]2CC[C@@H](C(C)(C)C)CC2)cc(N(C(=O)C2CCCCC2)C(C)C)c1. The minimum Gasteiger partial charge on any atom is -0.326 e. The third-order valence-electron chi connectivity index (χ3n) is 8.29. The van der Waals surface area contributed by atoms with Crippen LogP contribution in [0.5, 0.6) is 0 Å². The van der Waals surface area contributed by atoms with Crippen LogP contribution in [0.3, 0.4) is 0 Å². The number of amides is 3. The van der Waals surface area contributed by atoms with Crippen molar-refractivity contribution in [2.75, 3.05) is 15.5 Å². The Morgan fingerprint density at radius 1 is 0.784 bits per heavy atom. The van der Waals surface area contributed by atoms with E-state index < -0.39 is 0 Å². The summed E-state index contributed by atoms with van der Waals surface area (Å²) in [6.45, 7) is 14.6. The van der Waals surface area contributed by atoms with Crippen molar-refractivity contribution in [3.63, 3.8) is 0 Å². The molecule has 2 saturated carbocycles. The number of benzene rings is 1. The summed E-state index contributed by atoms with van der Waals surface area (Å²) in [5.41, 5.74) is 2.22. The standard InChI is InChI=1S/C31H49N3O3/c1-20(2)28(35)32-25-17-26(33-29(36)22-13-15-24(16-14-22)31(5,6)7)19-27(18-25)34(21(3)4)30(37)23-11-9-8-10-12-23/h17-24H,8-16H2,1-7H3,(H,32,35)(H,33,36)/t22-,24+. The maximum Gasteiger partial charge on any atom is 0.230 e. The summed E-state index contributed by atoms with van der Waals surface area (Å²) >= 11 is 0. The van der Waals surface area contributed by atoms with Gasteiger partial charge in [0.2, 0.25) is 17.7 Å². The highest BCUT2D eigenvalue weighted by molar-refractivity contribution is 6.00. The summed E-state index contributed by atoms with van der Waals surface area (Å²) in [6.07, 6.45) is 9.13. The monoisotopic (exact) mass is 511 g/mol. The minimum atomic E-state index is -0.176. The maximum absolute atomic E-state index is 13.6. The Labute approximate surface area is 224 Å². The summed E-state index contributed by atoms with van der Waals surface area (Å²) in [5, 5.41) is 6.11. The molecule has 6 nitrogen and oxygen atoms in total. The lowest BCUT2D eigenvalue weighted by Gasteiger charge is -2.36. The molecule has 37 heavy (non-hydrogen) atoms. The maximum atomic E-state index is 13.6. The molecule has 0 unspecified atom stereocenters. The van der Waals surface area contributed by atoms with Gasteiger partial charge >= 0.3 is 0 Å². The summed E-state index contributed by atoms with van der Waals surface area (Å²) in [6, 6.07) is 5.53. The largest absolute Gasteiger partial charge is 0.326 e. The van der Waals surface area contributed by atoms with Gasteiger partial charge in [0.15, 0.2) is 0 Å². The van der Waals surface area contributed by atoms with Crippen LogP contribution in [0.15, 0.2) is 18.2 Å². The average molecular weight is 512 g/mol. The van der Waals surface area contributed by atoms with E-state index in [2.05, 4.69) is 31.4 Å². The Morgan fingerprint density at radius 3 is 1.86 bits per heavy atom. The smallest absolute Gasteiger partial charge is 0.230 e. The minimum absolute atomic E-state index is 0.0129. The highest BCUT2D eigenvalue weighted by Crippen LogP contribution is 2.40. The Morgan fingerprint density at radius 2 is 1.35 bits per heavy atom. The van der Waals surface area contributed by atoms with Crippen molar-refractivity contribution < 1.29 is 14.4 Å². The number of carbonyl (C=O) groups is 3. The molecule has 3 amide bonds. The summed E-state index contributed by atoms with van der Waals surface area (Å²) < 4.78 is 0. The van der Waals surface area contributed by atoms with Crippen molar-refractivity contribution in [2.24, 2.45) is 29.1 Å². The molecule has 0 aromatic heterocycles. The average Bonchev–Trinajstić information content (AvgIpc) is 2.83. The quantitative estimate of drug-likeness (QED) is 0.400. The van der Waals surface area contributed by atoms with Gasteiger partial charge < -0.3 is 15.5 Å². The van der Waals surface area contributed by atoms with Crippen molar-refractivity contribution >= 4 is 34.8 Å². The third-order valence-corrected chi connectivity index (χ3v) is 8.29. The number of anilines is 3. The van der Waals surface area contributed by atoms with Crippen LogP contribution in [0, 0.1) is 29.1 Å². The number of hydrogen-bond donors (Lipinski definition) is 2. The molecule has 0 saturated heterocycles. The van der Waals surface area contributed by atoms with E-state index in [0.717, 1.165) is 57.1 Å². The van der Waals surface area contributed by atoms with Crippen molar-refractivity contribution in [1.29, 1.82) is 0 Å². The predicted molar refractivity (Wildman–Crippen MR) is 153 cm³/mol. The van der Waals surface area contributed by atoms with Gasteiger partial charge in [0, 0.05) is 40.9 Å². The van der Waals surface area contributed by atoms with Crippen molar-refractivity contribution in [1.82, 2.24) is 0 Å². The van der Waals surface area contributed by atoms with E-state index in [-0.39, 0.29) is 46.9 Å². The second-order valence-electron chi connectivity index (χ2n) is 13.0. The molecule has 0 heterocycles. The van der Waals surface area contributed by atoms with Gasteiger partial charge in [0.05, 0.1) is 0 Å². The number of hydrogen-bond acceptors (Lipinski definition) is 3. The molecular weight excluding hydrogens is 462 g/mol. The van der Waals surface area contributed by atoms with Crippen LogP contribution in [0.1, 0.15) is 106 Å². The lowest BCUT2D eigenvalue weighted by Crippen LogP contribution is -2.41. The Hall–Kier alpha value is -2.37. The lowest BCUT2D eigenvalue weighted by atomic mass is 9.69. The zero-order chi connectivity index (χ0) is 27.3. The second kappa shape index (κ2) is 12.4. The first-order valence-corrected chi connectivity index (χ1v) is 14.5. The van der Waals surface area contributed by atoms with Crippen LogP contribution in [0.2, 0.25) is 0 Å².